The maximum atomic E-state index is 12.5. The lowest BCUT2D eigenvalue weighted by Crippen LogP contribution is -2.12. The third-order valence-corrected chi connectivity index (χ3v) is 3.59. The number of nitrogens with one attached hydrogen (secondary N) is 1. The second-order valence-electron chi connectivity index (χ2n) is 4.96. The number of halogens is 1. The van der Waals surface area contributed by atoms with Gasteiger partial charge in [0.05, 0.1) is 5.69 Å². The zero-order chi connectivity index (χ0) is 15.4. The molecule has 1 amide bonds. The number of aryl methyl sites for hydroxylation is 1. The van der Waals surface area contributed by atoms with Crippen molar-refractivity contribution in [1.29, 1.82) is 0 Å². The van der Waals surface area contributed by atoms with Gasteiger partial charge in [0.2, 0.25) is 5.91 Å². The first-order valence-corrected chi connectivity index (χ1v) is 7.41. The van der Waals surface area contributed by atoms with Crippen LogP contribution in [-0.2, 0) is 11.2 Å². The molecular formula is C17H16BrNO2. The van der Waals surface area contributed by atoms with Gasteiger partial charge in [0, 0.05) is 23.4 Å². The summed E-state index contributed by atoms with van der Waals surface area (Å²) in [6.07, 6.45) is 0.309. The van der Waals surface area contributed by atoms with Gasteiger partial charge in [-0.15, -0.1) is 0 Å². The molecule has 1 N–H and O–H groups in total. The fourth-order valence-corrected chi connectivity index (χ4v) is 2.33. The summed E-state index contributed by atoms with van der Waals surface area (Å²) in [6.45, 7) is 3.36. The zero-order valence-corrected chi connectivity index (χ0v) is 13.5. The molecule has 0 aliphatic heterocycles. The summed E-state index contributed by atoms with van der Waals surface area (Å²) in [5.41, 5.74) is 3.05. The van der Waals surface area contributed by atoms with Crippen LogP contribution >= 0.6 is 15.9 Å². The minimum absolute atomic E-state index is 0.00947. The molecule has 0 spiro atoms. The number of hydrogen-bond donors (Lipinski definition) is 1. The van der Waals surface area contributed by atoms with E-state index in [1.807, 2.05) is 43.3 Å². The minimum atomic E-state index is -0.184. The number of carbonyl (C=O) groups is 2. The van der Waals surface area contributed by atoms with Gasteiger partial charge < -0.3 is 5.32 Å². The number of ketones is 1. The van der Waals surface area contributed by atoms with Crippen LogP contribution in [0, 0.1) is 6.92 Å². The molecule has 0 saturated carbocycles. The van der Waals surface area contributed by atoms with Gasteiger partial charge in [-0.3, -0.25) is 9.59 Å². The van der Waals surface area contributed by atoms with Gasteiger partial charge in [0.25, 0.3) is 0 Å². The topological polar surface area (TPSA) is 46.2 Å². The molecule has 4 heteroatoms. The zero-order valence-electron chi connectivity index (χ0n) is 11.9. The van der Waals surface area contributed by atoms with Gasteiger partial charge >= 0.3 is 0 Å². The Labute approximate surface area is 132 Å². The largest absolute Gasteiger partial charge is 0.326 e. The standard InChI is InChI=1S/C17H16BrNO2/c1-11-3-8-16(19-12(2)20)15(9-11)17(21)10-13-4-6-14(18)7-5-13/h3-9H,10H2,1-2H3,(H,19,20). The van der Waals surface area contributed by atoms with Crippen LogP contribution in [0.15, 0.2) is 46.9 Å². The maximum absolute atomic E-state index is 12.5. The first-order valence-electron chi connectivity index (χ1n) is 6.61. The Hall–Kier alpha value is -1.94. The summed E-state index contributed by atoms with van der Waals surface area (Å²) in [6, 6.07) is 13.1. The van der Waals surface area contributed by atoms with Gasteiger partial charge in [-0.05, 0) is 36.8 Å². The number of benzene rings is 2. The van der Waals surface area contributed by atoms with Gasteiger partial charge in [-0.1, -0.05) is 39.7 Å². The first-order chi connectivity index (χ1) is 9.95. The lowest BCUT2D eigenvalue weighted by Gasteiger charge is -2.10. The van der Waals surface area contributed by atoms with E-state index in [4.69, 9.17) is 0 Å². The average molecular weight is 346 g/mol. The molecule has 0 fully saturated rings. The molecule has 0 radical (unpaired) electrons. The molecule has 3 nitrogen and oxygen atoms in total. The number of rotatable bonds is 4. The monoisotopic (exact) mass is 345 g/mol. The van der Waals surface area contributed by atoms with Crippen molar-refractivity contribution in [3.63, 3.8) is 0 Å². The van der Waals surface area contributed by atoms with Crippen molar-refractivity contribution >= 4 is 33.3 Å². The second kappa shape index (κ2) is 6.68. The Bertz CT molecular complexity index is 678. The molecule has 0 unspecified atom stereocenters. The van der Waals surface area contributed by atoms with Crippen LogP contribution in [0.2, 0.25) is 0 Å². The third-order valence-electron chi connectivity index (χ3n) is 3.06. The van der Waals surface area contributed by atoms with Gasteiger partial charge in [-0.25, -0.2) is 0 Å². The average Bonchev–Trinajstić information content (AvgIpc) is 2.43. The molecule has 0 aliphatic rings. The minimum Gasteiger partial charge on any atom is -0.326 e. The number of Topliss-reactive ketones (excluding diaryl/α,β-unsaturated/α-hetero) is 1. The molecule has 2 aromatic rings. The van der Waals surface area contributed by atoms with Crippen molar-refractivity contribution in [2.45, 2.75) is 20.3 Å². The van der Waals surface area contributed by atoms with Crippen molar-refractivity contribution in [1.82, 2.24) is 0 Å². The molecule has 0 heterocycles. The Morgan fingerprint density at radius 2 is 1.76 bits per heavy atom. The summed E-state index contributed by atoms with van der Waals surface area (Å²) in [4.78, 5) is 23.7. The fourth-order valence-electron chi connectivity index (χ4n) is 2.07. The Morgan fingerprint density at radius 1 is 1.10 bits per heavy atom. The van der Waals surface area contributed by atoms with Crippen LogP contribution in [0.3, 0.4) is 0 Å². The van der Waals surface area contributed by atoms with Gasteiger partial charge in [0.1, 0.15) is 0 Å². The van der Waals surface area contributed by atoms with Crippen LogP contribution in [0.25, 0.3) is 0 Å². The van der Waals surface area contributed by atoms with E-state index in [0.29, 0.717) is 17.7 Å². The lowest BCUT2D eigenvalue weighted by molar-refractivity contribution is -0.114. The van der Waals surface area contributed by atoms with Gasteiger partial charge in [-0.2, -0.15) is 0 Å². The number of amides is 1. The van der Waals surface area contributed by atoms with E-state index in [-0.39, 0.29) is 11.7 Å². The van der Waals surface area contributed by atoms with Crippen LogP contribution in [0.1, 0.15) is 28.4 Å². The van der Waals surface area contributed by atoms with Crippen molar-refractivity contribution in [3.8, 4) is 0 Å². The second-order valence-corrected chi connectivity index (χ2v) is 5.87. The highest BCUT2D eigenvalue weighted by molar-refractivity contribution is 9.10. The van der Waals surface area contributed by atoms with E-state index in [2.05, 4.69) is 21.2 Å². The molecule has 0 saturated heterocycles. The molecule has 2 rings (SSSR count). The molecule has 108 valence electrons. The first kappa shape index (κ1) is 15.4. The van der Waals surface area contributed by atoms with Crippen molar-refractivity contribution in [3.05, 3.63) is 63.6 Å². The van der Waals surface area contributed by atoms with Crippen molar-refractivity contribution < 1.29 is 9.59 Å². The van der Waals surface area contributed by atoms with E-state index >= 15 is 0 Å². The number of hydrogen-bond acceptors (Lipinski definition) is 2. The molecule has 2 aromatic carbocycles. The highest BCUT2D eigenvalue weighted by Gasteiger charge is 2.13. The molecule has 0 aliphatic carbocycles. The SMILES string of the molecule is CC(=O)Nc1ccc(C)cc1C(=O)Cc1ccc(Br)cc1. The predicted octanol–water partition coefficient (Wildman–Crippen LogP) is 4.14. The van der Waals surface area contributed by atoms with E-state index < -0.39 is 0 Å². The fraction of sp³-hybridized carbons (Fsp3) is 0.176. The van der Waals surface area contributed by atoms with Crippen molar-refractivity contribution in [2.75, 3.05) is 5.32 Å². The summed E-state index contributed by atoms with van der Waals surface area (Å²) < 4.78 is 0.980. The molecular weight excluding hydrogens is 330 g/mol. The summed E-state index contributed by atoms with van der Waals surface area (Å²) in [5.74, 6) is -0.193. The Morgan fingerprint density at radius 3 is 2.38 bits per heavy atom. The normalized spacial score (nSPS) is 10.2. The molecule has 0 atom stereocenters. The number of carbonyl (C=O) groups excluding carboxylic acids is 2. The Kier molecular flexibility index (Phi) is 4.91. The maximum Gasteiger partial charge on any atom is 0.221 e. The highest BCUT2D eigenvalue weighted by Crippen LogP contribution is 2.20. The van der Waals surface area contributed by atoms with Crippen LogP contribution in [-0.4, -0.2) is 11.7 Å². The number of anilines is 1. The lowest BCUT2D eigenvalue weighted by atomic mass is 9.99. The predicted molar refractivity (Wildman–Crippen MR) is 87.7 cm³/mol. The van der Waals surface area contributed by atoms with Crippen LogP contribution in [0.5, 0.6) is 0 Å². The van der Waals surface area contributed by atoms with Crippen molar-refractivity contribution in [2.24, 2.45) is 0 Å². The third kappa shape index (κ3) is 4.26. The quantitative estimate of drug-likeness (QED) is 0.846. The molecule has 0 bridgehead atoms. The smallest absolute Gasteiger partial charge is 0.221 e. The summed E-state index contributed by atoms with van der Waals surface area (Å²) >= 11 is 3.37. The molecule has 21 heavy (non-hydrogen) atoms. The summed E-state index contributed by atoms with van der Waals surface area (Å²) in [5, 5.41) is 2.71. The highest BCUT2D eigenvalue weighted by atomic mass is 79.9. The van der Waals surface area contributed by atoms with E-state index in [0.717, 1.165) is 15.6 Å². The Balaban J connectivity index is 2.27. The van der Waals surface area contributed by atoms with E-state index in [1.165, 1.54) is 6.92 Å². The summed E-state index contributed by atoms with van der Waals surface area (Å²) in [7, 11) is 0. The van der Waals surface area contributed by atoms with Crippen LogP contribution in [0.4, 0.5) is 5.69 Å². The van der Waals surface area contributed by atoms with E-state index in [9.17, 15) is 9.59 Å². The van der Waals surface area contributed by atoms with E-state index in [1.54, 1.807) is 6.07 Å². The van der Waals surface area contributed by atoms with Crippen LogP contribution < -0.4 is 5.32 Å². The van der Waals surface area contributed by atoms with Gasteiger partial charge in [0.15, 0.2) is 5.78 Å². The molecule has 0 aromatic heterocycles.